The number of aldehydes is 1. The molecule has 108 valence electrons. The predicted molar refractivity (Wildman–Crippen MR) is 75.1 cm³/mol. The number of ether oxygens (including phenoxy) is 1. The summed E-state index contributed by atoms with van der Waals surface area (Å²) in [5.41, 5.74) is 0.240. The molecule has 0 aliphatic heterocycles. The quantitative estimate of drug-likeness (QED) is 0.477. The van der Waals surface area contributed by atoms with Crippen LogP contribution in [0.15, 0.2) is 18.2 Å². The van der Waals surface area contributed by atoms with Crippen molar-refractivity contribution in [2.75, 3.05) is 0 Å². The van der Waals surface area contributed by atoms with Gasteiger partial charge in [0.25, 0.3) is 5.69 Å². The number of hydrogen-bond acceptors (Lipinski definition) is 4. The molecule has 0 spiro atoms. The summed E-state index contributed by atoms with van der Waals surface area (Å²) in [7, 11) is 0. The summed E-state index contributed by atoms with van der Waals surface area (Å²) in [6, 6.07) is 4.33. The van der Waals surface area contributed by atoms with Gasteiger partial charge >= 0.3 is 0 Å². The van der Waals surface area contributed by atoms with Gasteiger partial charge in [0.15, 0.2) is 6.29 Å². The normalized spacial score (nSPS) is 18.5. The zero-order chi connectivity index (χ0) is 14.8. The van der Waals surface area contributed by atoms with Gasteiger partial charge in [-0.25, -0.2) is 0 Å². The van der Waals surface area contributed by atoms with Crippen LogP contribution in [0.2, 0.25) is 0 Å². The van der Waals surface area contributed by atoms with Crippen LogP contribution in [0.25, 0.3) is 0 Å². The zero-order valence-electron chi connectivity index (χ0n) is 11.8. The lowest BCUT2D eigenvalue weighted by atomic mass is 9.76. The molecule has 0 heterocycles. The van der Waals surface area contributed by atoms with Crippen molar-refractivity contribution in [2.24, 2.45) is 5.41 Å². The van der Waals surface area contributed by atoms with E-state index >= 15 is 0 Å². The molecular formula is C15H19NO4. The van der Waals surface area contributed by atoms with Crippen LogP contribution in [0, 0.1) is 15.5 Å². The number of carbonyl (C=O) groups is 1. The highest BCUT2D eigenvalue weighted by Crippen LogP contribution is 2.36. The van der Waals surface area contributed by atoms with Crippen molar-refractivity contribution in [3.8, 4) is 5.75 Å². The number of hydrogen-bond donors (Lipinski definition) is 0. The zero-order valence-corrected chi connectivity index (χ0v) is 11.8. The lowest BCUT2D eigenvalue weighted by molar-refractivity contribution is -0.385. The first-order chi connectivity index (χ1) is 9.41. The second-order valence-corrected chi connectivity index (χ2v) is 6.08. The molecule has 1 aromatic carbocycles. The lowest BCUT2D eigenvalue weighted by Gasteiger charge is -2.34. The van der Waals surface area contributed by atoms with Crippen molar-refractivity contribution in [2.45, 2.75) is 45.6 Å². The van der Waals surface area contributed by atoms with Crippen molar-refractivity contribution in [1.82, 2.24) is 0 Å². The first-order valence-electron chi connectivity index (χ1n) is 6.81. The molecule has 20 heavy (non-hydrogen) atoms. The summed E-state index contributed by atoms with van der Waals surface area (Å²) >= 11 is 0. The molecule has 0 N–H and O–H groups in total. The standard InChI is InChI=1S/C15H19NO4/c1-15(2)7-5-12(6-8-15)20-13-3-4-14(16(18)19)11(9-13)10-17/h3-4,9-10,12H,5-8H2,1-2H3. The van der Waals surface area contributed by atoms with Crippen molar-refractivity contribution < 1.29 is 14.5 Å². The highest BCUT2D eigenvalue weighted by atomic mass is 16.6. The van der Waals surface area contributed by atoms with Gasteiger partial charge in [-0.2, -0.15) is 0 Å². The topological polar surface area (TPSA) is 69.4 Å². The fourth-order valence-corrected chi connectivity index (χ4v) is 2.55. The number of carbonyl (C=O) groups excluding carboxylic acids is 1. The molecule has 0 radical (unpaired) electrons. The molecule has 1 aliphatic rings. The van der Waals surface area contributed by atoms with E-state index in [1.54, 1.807) is 6.07 Å². The van der Waals surface area contributed by atoms with Crippen LogP contribution >= 0.6 is 0 Å². The van der Waals surface area contributed by atoms with Crippen LogP contribution < -0.4 is 4.74 Å². The Morgan fingerprint density at radius 2 is 2.00 bits per heavy atom. The monoisotopic (exact) mass is 277 g/mol. The summed E-state index contributed by atoms with van der Waals surface area (Å²) in [5.74, 6) is 0.530. The number of rotatable bonds is 4. The van der Waals surface area contributed by atoms with Gasteiger partial charge in [0, 0.05) is 6.07 Å². The first kappa shape index (κ1) is 14.5. The first-order valence-corrected chi connectivity index (χ1v) is 6.81. The maximum Gasteiger partial charge on any atom is 0.280 e. The molecule has 1 fully saturated rings. The lowest BCUT2D eigenvalue weighted by Crippen LogP contribution is -2.28. The maximum atomic E-state index is 10.9. The van der Waals surface area contributed by atoms with Gasteiger partial charge in [-0.05, 0) is 43.2 Å². The Balaban J connectivity index is 2.07. The molecule has 1 aliphatic carbocycles. The van der Waals surface area contributed by atoms with E-state index in [0.717, 1.165) is 25.7 Å². The second kappa shape index (κ2) is 5.61. The molecule has 0 amide bonds. The Morgan fingerprint density at radius 1 is 1.35 bits per heavy atom. The molecule has 0 saturated heterocycles. The van der Waals surface area contributed by atoms with E-state index in [1.807, 2.05) is 0 Å². The molecule has 5 nitrogen and oxygen atoms in total. The summed E-state index contributed by atoms with van der Waals surface area (Å²) in [5, 5.41) is 10.8. The number of nitro groups is 1. The van der Waals surface area contributed by atoms with Gasteiger partial charge in [-0.1, -0.05) is 13.8 Å². The highest BCUT2D eigenvalue weighted by Gasteiger charge is 2.28. The third kappa shape index (κ3) is 3.35. The minimum absolute atomic E-state index is 0.0589. The van der Waals surface area contributed by atoms with Crippen LogP contribution in [0.1, 0.15) is 49.9 Å². The van der Waals surface area contributed by atoms with Gasteiger partial charge in [0.2, 0.25) is 0 Å². The fourth-order valence-electron chi connectivity index (χ4n) is 2.55. The predicted octanol–water partition coefficient (Wildman–Crippen LogP) is 3.75. The van der Waals surface area contributed by atoms with Gasteiger partial charge in [-0.15, -0.1) is 0 Å². The highest BCUT2D eigenvalue weighted by molar-refractivity contribution is 5.82. The van der Waals surface area contributed by atoms with E-state index in [1.165, 1.54) is 12.1 Å². The SMILES string of the molecule is CC1(C)CCC(Oc2ccc([N+](=O)[O-])c(C=O)c2)CC1. The summed E-state index contributed by atoms with van der Waals surface area (Å²) < 4.78 is 5.84. The third-order valence-electron chi connectivity index (χ3n) is 3.91. The molecule has 2 rings (SSSR count). The Labute approximate surface area is 118 Å². The minimum Gasteiger partial charge on any atom is -0.490 e. The second-order valence-electron chi connectivity index (χ2n) is 6.08. The number of nitro benzene ring substituents is 1. The summed E-state index contributed by atoms with van der Waals surface area (Å²) in [6.07, 6.45) is 4.77. The van der Waals surface area contributed by atoms with E-state index in [9.17, 15) is 14.9 Å². The Hall–Kier alpha value is -1.91. The minimum atomic E-state index is -0.559. The average molecular weight is 277 g/mol. The maximum absolute atomic E-state index is 10.9. The van der Waals surface area contributed by atoms with E-state index in [-0.39, 0.29) is 17.4 Å². The molecule has 5 heteroatoms. The number of nitrogens with zero attached hydrogens (tertiary/aromatic N) is 1. The van der Waals surface area contributed by atoms with Crippen molar-refractivity contribution in [3.05, 3.63) is 33.9 Å². The molecule has 1 saturated carbocycles. The van der Waals surface area contributed by atoms with Gasteiger partial charge < -0.3 is 4.74 Å². The van der Waals surface area contributed by atoms with Crippen LogP contribution in [-0.4, -0.2) is 17.3 Å². The van der Waals surface area contributed by atoms with Gasteiger partial charge in [0.1, 0.15) is 5.75 Å². The van der Waals surface area contributed by atoms with Crippen LogP contribution in [-0.2, 0) is 0 Å². The van der Waals surface area contributed by atoms with Crippen molar-refractivity contribution >= 4 is 12.0 Å². The number of benzene rings is 1. The van der Waals surface area contributed by atoms with Crippen LogP contribution in [0.3, 0.4) is 0 Å². The Bertz CT molecular complexity index is 515. The van der Waals surface area contributed by atoms with Crippen molar-refractivity contribution in [1.29, 1.82) is 0 Å². The van der Waals surface area contributed by atoms with Crippen LogP contribution in [0.5, 0.6) is 5.75 Å². The molecule has 0 bridgehead atoms. The fraction of sp³-hybridized carbons (Fsp3) is 0.533. The summed E-state index contributed by atoms with van der Waals surface area (Å²) in [4.78, 5) is 21.1. The summed E-state index contributed by atoms with van der Waals surface area (Å²) in [6.45, 7) is 4.50. The molecule has 0 unspecified atom stereocenters. The van der Waals surface area contributed by atoms with Crippen molar-refractivity contribution in [3.63, 3.8) is 0 Å². The average Bonchev–Trinajstić information content (AvgIpc) is 2.40. The van der Waals surface area contributed by atoms with E-state index in [4.69, 9.17) is 4.74 Å². The smallest absolute Gasteiger partial charge is 0.280 e. The molecule has 0 aromatic heterocycles. The van der Waals surface area contributed by atoms with Crippen LogP contribution in [0.4, 0.5) is 5.69 Å². The molecular weight excluding hydrogens is 258 g/mol. The van der Waals surface area contributed by atoms with E-state index in [0.29, 0.717) is 17.5 Å². The Morgan fingerprint density at radius 3 is 2.55 bits per heavy atom. The largest absolute Gasteiger partial charge is 0.490 e. The molecule has 1 aromatic rings. The van der Waals surface area contributed by atoms with Gasteiger partial charge in [0.05, 0.1) is 16.6 Å². The Kier molecular flexibility index (Phi) is 4.06. The van der Waals surface area contributed by atoms with Gasteiger partial charge in [-0.3, -0.25) is 14.9 Å². The molecule has 0 atom stereocenters. The van der Waals surface area contributed by atoms with E-state index < -0.39 is 4.92 Å². The van der Waals surface area contributed by atoms with E-state index in [2.05, 4.69) is 13.8 Å². The third-order valence-corrected chi connectivity index (χ3v) is 3.91.